The fraction of sp³-hybridized carbons (Fsp3) is 0.0417. The van der Waals surface area contributed by atoms with E-state index in [0.717, 1.165) is 0 Å². The predicted octanol–water partition coefficient (Wildman–Crippen LogP) is 3.13. The number of rotatable bonds is 4. The van der Waals surface area contributed by atoms with Gasteiger partial charge in [0.25, 0.3) is 0 Å². The van der Waals surface area contributed by atoms with Gasteiger partial charge in [-0.15, -0.1) is 0 Å². The van der Waals surface area contributed by atoms with E-state index in [-0.39, 0.29) is 0 Å². The zero-order valence-corrected chi connectivity index (χ0v) is 15.8. The molecule has 0 aliphatic heterocycles. The monoisotopic (exact) mass is 355 g/mol. The second kappa shape index (κ2) is 7.23. The number of aromatic nitrogens is 1. The Kier molecular flexibility index (Phi) is 4.65. The Balaban J connectivity index is 2.12. The van der Waals surface area contributed by atoms with E-state index in [9.17, 15) is 0 Å². The van der Waals surface area contributed by atoms with Crippen LogP contribution in [0.3, 0.4) is 0 Å². The molecule has 0 fully saturated rings. The third-order valence-electron chi connectivity index (χ3n) is 4.78. The molecule has 0 unspecified atom stereocenters. The van der Waals surface area contributed by atoms with Gasteiger partial charge in [0.05, 0.1) is 0 Å². The molecule has 4 rings (SSSR count). The third kappa shape index (κ3) is 2.85. The van der Waals surface area contributed by atoms with Gasteiger partial charge in [-0.3, -0.25) is 0 Å². The Morgan fingerprint density at radius 3 is 1.12 bits per heavy atom. The summed E-state index contributed by atoms with van der Waals surface area (Å²) in [7, 11) is 0.128. The van der Waals surface area contributed by atoms with Crippen molar-refractivity contribution >= 4 is 28.5 Å². The second-order valence-electron chi connectivity index (χ2n) is 6.40. The zero-order valence-electron chi connectivity index (χ0n) is 14.9. The number of aryl methyl sites for hydroxylation is 1. The predicted molar refractivity (Wildman–Crippen MR) is 112 cm³/mol. The first-order chi connectivity index (χ1) is 12.8. The number of benzene rings is 3. The van der Waals surface area contributed by atoms with Crippen LogP contribution in [-0.4, -0.2) is 0 Å². The lowest BCUT2D eigenvalue weighted by atomic mass is 10.3. The summed E-state index contributed by atoms with van der Waals surface area (Å²) < 4.78 is 2.10. The highest BCUT2D eigenvalue weighted by Gasteiger charge is 2.48. The van der Waals surface area contributed by atoms with Gasteiger partial charge in [0, 0.05) is 12.1 Å². The summed E-state index contributed by atoms with van der Waals surface area (Å²) >= 11 is 0. The number of hydrogen-bond donors (Lipinski definition) is 0. The van der Waals surface area contributed by atoms with E-state index in [2.05, 4.69) is 127 Å². The van der Waals surface area contributed by atoms with Crippen molar-refractivity contribution < 1.29 is 4.57 Å². The van der Waals surface area contributed by atoms with Crippen LogP contribution in [0, 0.1) is 0 Å². The number of hydrogen-bond acceptors (Lipinski definition) is 0. The molecule has 0 saturated heterocycles. The molecule has 1 nitrogen and oxygen atoms in total. The Bertz CT molecular complexity index is 868. The van der Waals surface area contributed by atoms with E-state index in [1.54, 1.807) is 0 Å². The molecule has 0 aliphatic rings. The van der Waals surface area contributed by atoms with Crippen LogP contribution in [0.25, 0.3) is 0 Å². The fourth-order valence-corrected chi connectivity index (χ4v) is 7.79. The summed E-state index contributed by atoms with van der Waals surface area (Å²) in [5.74, 6) is 0. The van der Waals surface area contributed by atoms with E-state index in [4.69, 9.17) is 0 Å². The van der Waals surface area contributed by atoms with E-state index in [1.165, 1.54) is 21.2 Å². The van der Waals surface area contributed by atoms with E-state index >= 15 is 0 Å². The van der Waals surface area contributed by atoms with Crippen molar-refractivity contribution in [1.82, 2.24) is 0 Å². The minimum absolute atomic E-state index is 1.37. The largest absolute Gasteiger partial charge is 0.207 e. The average molecular weight is 355 g/mol. The Morgan fingerprint density at radius 2 is 0.769 bits per heavy atom. The molecule has 0 amide bonds. The SMILES string of the molecule is C[n+]1ccc([P+](c2ccccc2)(c2ccccc2)c2ccccc2)cc1. The van der Waals surface area contributed by atoms with Crippen LogP contribution in [0.2, 0.25) is 0 Å². The molecule has 0 aliphatic carbocycles. The van der Waals surface area contributed by atoms with Crippen molar-refractivity contribution in [2.24, 2.45) is 7.05 Å². The number of nitrogens with zero attached hydrogens (tertiary/aromatic N) is 1. The summed E-state index contributed by atoms with van der Waals surface area (Å²) in [5.41, 5.74) is 0. The van der Waals surface area contributed by atoms with E-state index in [0.29, 0.717) is 0 Å². The summed E-state index contributed by atoms with van der Waals surface area (Å²) in [6.07, 6.45) is 4.30. The van der Waals surface area contributed by atoms with Gasteiger partial charge in [-0.05, 0) is 36.4 Å². The fourth-order valence-electron chi connectivity index (χ4n) is 3.57. The molecular weight excluding hydrogens is 333 g/mol. The van der Waals surface area contributed by atoms with Crippen LogP contribution in [0.1, 0.15) is 0 Å². The van der Waals surface area contributed by atoms with Gasteiger partial charge >= 0.3 is 0 Å². The maximum absolute atomic E-state index is 2.28. The first kappa shape index (κ1) is 16.7. The highest BCUT2D eigenvalue weighted by molar-refractivity contribution is 8.01. The van der Waals surface area contributed by atoms with Crippen LogP contribution >= 0.6 is 7.26 Å². The molecule has 0 spiro atoms. The van der Waals surface area contributed by atoms with Crippen molar-refractivity contribution in [3.63, 3.8) is 0 Å². The summed E-state index contributed by atoms with van der Waals surface area (Å²) in [6.45, 7) is 0. The van der Waals surface area contributed by atoms with Gasteiger partial charge in [0.15, 0.2) is 12.4 Å². The maximum atomic E-state index is 2.28. The van der Waals surface area contributed by atoms with Gasteiger partial charge in [-0.25, -0.2) is 4.57 Å². The molecular formula is C24H22NP+2. The molecule has 1 heterocycles. The average Bonchev–Trinajstić information content (AvgIpc) is 2.72. The Labute approximate surface area is 155 Å². The Morgan fingerprint density at radius 1 is 0.462 bits per heavy atom. The van der Waals surface area contributed by atoms with E-state index in [1.807, 2.05) is 0 Å². The van der Waals surface area contributed by atoms with Gasteiger partial charge < -0.3 is 0 Å². The van der Waals surface area contributed by atoms with Crippen LogP contribution < -0.4 is 25.8 Å². The molecule has 0 radical (unpaired) electrons. The zero-order chi connectivity index (χ0) is 17.8. The molecule has 2 heteroatoms. The molecule has 0 bridgehead atoms. The molecule has 3 aromatic carbocycles. The van der Waals surface area contributed by atoms with Gasteiger partial charge in [-0.1, -0.05) is 54.6 Å². The standard InChI is InChI=1S/C24H22NP/c1-25-19-17-24(18-20-25)26(21-11-5-2-6-12-21,22-13-7-3-8-14-22)23-15-9-4-10-16-23/h2-20H,1H3/q+2. The molecule has 1 aromatic heterocycles. The molecule has 4 aromatic rings. The van der Waals surface area contributed by atoms with Gasteiger partial charge in [0.1, 0.15) is 35.5 Å². The van der Waals surface area contributed by atoms with Crippen LogP contribution in [0.4, 0.5) is 0 Å². The minimum atomic E-state index is -1.94. The first-order valence-electron chi connectivity index (χ1n) is 8.83. The lowest BCUT2D eigenvalue weighted by Gasteiger charge is -2.27. The summed E-state index contributed by atoms with van der Waals surface area (Å²) in [4.78, 5) is 0. The van der Waals surface area contributed by atoms with Gasteiger partial charge in [-0.2, -0.15) is 0 Å². The molecule has 26 heavy (non-hydrogen) atoms. The molecule has 0 N–H and O–H groups in total. The summed E-state index contributed by atoms with van der Waals surface area (Å²) in [6, 6.07) is 37.4. The van der Waals surface area contributed by atoms with Crippen molar-refractivity contribution in [1.29, 1.82) is 0 Å². The molecule has 0 saturated carbocycles. The van der Waals surface area contributed by atoms with Crippen LogP contribution in [0.15, 0.2) is 116 Å². The third-order valence-corrected chi connectivity index (χ3v) is 9.07. The second-order valence-corrected chi connectivity index (χ2v) is 9.81. The highest BCUT2D eigenvalue weighted by atomic mass is 31.2. The van der Waals surface area contributed by atoms with Crippen LogP contribution in [-0.2, 0) is 7.05 Å². The van der Waals surface area contributed by atoms with Crippen molar-refractivity contribution in [2.75, 3.05) is 0 Å². The van der Waals surface area contributed by atoms with Crippen molar-refractivity contribution in [3.05, 3.63) is 116 Å². The topological polar surface area (TPSA) is 3.88 Å². The van der Waals surface area contributed by atoms with E-state index < -0.39 is 7.26 Å². The summed E-state index contributed by atoms with van der Waals surface area (Å²) in [5, 5.41) is 5.52. The Hall–Kier alpha value is -2.76. The lowest BCUT2D eigenvalue weighted by Crippen LogP contribution is -2.40. The quantitative estimate of drug-likeness (QED) is 0.391. The lowest BCUT2D eigenvalue weighted by molar-refractivity contribution is -0.671. The smallest absolute Gasteiger partial charge is 0.172 e. The van der Waals surface area contributed by atoms with Crippen molar-refractivity contribution in [3.8, 4) is 0 Å². The van der Waals surface area contributed by atoms with Crippen LogP contribution in [0.5, 0.6) is 0 Å². The maximum Gasteiger partial charge on any atom is 0.172 e. The normalized spacial score (nSPS) is 11.3. The number of pyridine rings is 1. The first-order valence-corrected chi connectivity index (χ1v) is 10.6. The van der Waals surface area contributed by atoms with Gasteiger partial charge in [0.2, 0.25) is 0 Å². The highest BCUT2D eigenvalue weighted by Crippen LogP contribution is 2.53. The molecule has 0 atom stereocenters. The van der Waals surface area contributed by atoms with Crippen molar-refractivity contribution in [2.45, 2.75) is 0 Å². The molecule has 126 valence electrons. The minimum Gasteiger partial charge on any atom is -0.207 e.